The van der Waals surface area contributed by atoms with E-state index >= 15 is 0 Å². The molecule has 0 aliphatic carbocycles. The molecule has 1 aromatic rings. The van der Waals surface area contributed by atoms with Crippen molar-refractivity contribution in [2.75, 3.05) is 6.61 Å². The molecule has 1 aromatic carbocycles. The Morgan fingerprint density at radius 2 is 2.06 bits per heavy atom. The van der Waals surface area contributed by atoms with Crippen LogP contribution in [-0.2, 0) is 11.3 Å². The van der Waals surface area contributed by atoms with Gasteiger partial charge in [-0.25, -0.2) is 0 Å². The van der Waals surface area contributed by atoms with Crippen LogP contribution in [0.5, 0.6) is 0 Å². The minimum absolute atomic E-state index is 0.0476. The molecule has 0 bridgehead atoms. The second-order valence-electron chi connectivity index (χ2n) is 3.22. The van der Waals surface area contributed by atoms with Crippen molar-refractivity contribution in [3.63, 3.8) is 0 Å². The van der Waals surface area contributed by atoms with Crippen LogP contribution < -0.4 is 0 Å². The summed E-state index contributed by atoms with van der Waals surface area (Å²) in [6.45, 7) is 2.35. The van der Waals surface area contributed by atoms with Gasteiger partial charge < -0.3 is 0 Å². The molecule has 1 amide bonds. The van der Waals surface area contributed by atoms with Crippen molar-refractivity contribution in [1.82, 2.24) is 4.90 Å². The van der Waals surface area contributed by atoms with Crippen molar-refractivity contribution in [2.45, 2.75) is 13.5 Å². The van der Waals surface area contributed by atoms with E-state index in [4.69, 9.17) is 10.1 Å². The van der Waals surface area contributed by atoms with Gasteiger partial charge in [0.1, 0.15) is 0 Å². The number of rotatable bonds is 3. The van der Waals surface area contributed by atoms with Gasteiger partial charge in [0.2, 0.25) is 0 Å². The normalized spacial score (nSPS) is 9.76. The number of amides is 1. The molecule has 0 aliphatic rings. The van der Waals surface area contributed by atoms with E-state index in [1.54, 1.807) is 6.92 Å². The van der Waals surface area contributed by atoms with E-state index in [0.717, 1.165) is 10.0 Å². The van der Waals surface area contributed by atoms with E-state index in [1.165, 1.54) is 4.90 Å². The third-order valence-electron chi connectivity index (χ3n) is 1.99. The molecule has 0 fully saturated rings. The maximum atomic E-state index is 11.6. The Balaban J connectivity index is 2.76. The Kier molecular flexibility index (Phi) is 5.68. The summed E-state index contributed by atoms with van der Waals surface area (Å²) >= 11 is 5.85. The number of hydrogen-bond acceptors (Lipinski definition) is 3. The number of ether oxygens (including phenoxy) is 1. The van der Waals surface area contributed by atoms with Crippen LogP contribution in [0.2, 0.25) is 0 Å². The van der Waals surface area contributed by atoms with Gasteiger partial charge in [-0.2, -0.15) is 0 Å². The number of hydrogen-bond donors (Lipinski definition) is 1. The second kappa shape index (κ2) is 6.79. The SMILES string of the molecule is CCOC(=O)N(Cc1ccc(Br)cc1)C(=N)[Se]. The number of nitrogens with zero attached hydrogens (tertiary/aromatic N) is 1. The monoisotopic (exact) mass is 363 g/mol. The molecule has 0 aliphatic heterocycles. The zero-order valence-corrected chi connectivity index (χ0v) is 12.6. The summed E-state index contributed by atoms with van der Waals surface area (Å²) in [6, 6.07) is 7.56. The summed E-state index contributed by atoms with van der Waals surface area (Å²) in [5.74, 6) is 0. The van der Waals surface area contributed by atoms with Crippen molar-refractivity contribution < 1.29 is 9.53 Å². The molecule has 1 rings (SSSR count). The molecule has 91 valence electrons. The van der Waals surface area contributed by atoms with Crippen LogP contribution in [0.1, 0.15) is 12.5 Å². The molecule has 0 saturated carbocycles. The Hall–Kier alpha value is -0.841. The second-order valence-corrected chi connectivity index (χ2v) is 4.94. The first kappa shape index (κ1) is 14.2. The average Bonchev–Trinajstić information content (AvgIpc) is 2.28. The van der Waals surface area contributed by atoms with E-state index in [-0.39, 0.29) is 4.73 Å². The van der Waals surface area contributed by atoms with Gasteiger partial charge in [0.25, 0.3) is 0 Å². The summed E-state index contributed by atoms with van der Waals surface area (Å²) < 4.78 is 5.90. The summed E-state index contributed by atoms with van der Waals surface area (Å²) in [5.41, 5.74) is 0.932. The number of nitrogens with one attached hydrogen (secondary N) is 1. The Labute approximate surface area is 117 Å². The number of carbonyl (C=O) groups is 1. The summed E-state index contributed by atoms with van der Waals surface area (Å²) in [4.78, 5) is 12.8. The van der Waals surface area contributed by atoms with E-state index in [1.807, 2.05) is 24.3 Å². The van der Waals surface area contributed by atoms with Crippen molar-refractivity contribution >= 4 is 42.8 Å². The molecule has 6 heteroatoms. The first-order valence-electron chi connectivity index (χ1n) is 4.99. The number of carbonyl (C=O) groups excluding carboxylic acids is 1. The minimum atomic E-state index is -0.515. The fourth-order valence-corrected chi connectivity index (χ4v) is 1.75. The summed E-state index contributed by atoms with van der Waals surface area (Å²) in [7, 11) is 0. The van der Waals surface area contributed by atoms with Gasteiger partial charge in [0, 0.05) is 0 Å². The molecular weight excluding hydrogens is 351 g/mol. The van der Waals surface area contributed by atoms with Crippen LogP contribution in [-0.4, -0.2) is 38.3 Å². The van der Waals surface area contributed by atoms with Gasteiger partial charge in [-0.3, -0.25) is 0 Å². The van der Waals surface area contributed by atoms with Crippen molar-refractivity contribution in [1.29, 1.82) is 5.41 Å². The molecule has 4 nitrogen and oxygen atoms in total. The average molecular weight is 363 g/mol. The third-order valence-corrected chi connectivity index (χ3v) is 2.98. The molecule has 1 radical (unpaired) electrons. The molecular formula is C11H12BrN2O2Se. The third kappa shape index (κ3) is 4.50. The fraction of sp³-hybridized carbons (Fsp3) is 0.273. The van der Waals surface area contributed by atoms with Crippen LogP contribution in [0.25, 0.3) is 0 Å². The van der Waals surface area contributed by atoms with Crippen molar-refractivity contribution in [3.8, 4) is 0 Å². The first-order valence-corrected chi connectivity index (χ1v) is 6.64. The van der Waals surface area contributed by atoms with Gasteiger partial charge in [0.15, 0.2) is 0 Å². The summed E-state index contributed by atoms with van der Waals surface area (Å²) in [6.07, 6.45) is -0.515. The molecule has 17 heavy (non-hydrogen) atoms. The van der Waals surface area contributed by atoms with Crippen LogP contribution in [0.3, 0.4) is 0 Å². The van der Waals surface area contributed by atoms with Gasteiger partial charge >= 0.3 is 117 Å². The Morgan fingerprint density at radius 1 is 1.47 bits per heavy atom. The van der Waals surface area contributed by atoms with Gasteiger partial charge in [-0.05, 0) is 0 Å². The van der Waals surface area contributed by atoms with E-state index in [2.05, 4.69) is 31.9 Å². The summed E-state index contributed by atoms with van der Waals surface area (Å²) in [5, 5.41) is 7.51. The van der Waals surface area contributed by atoms with E-state index in [0.29, 0.717) is 13.2 Å². The van der Waals surface area contributed by atoms with Crippen molar-refractivity contribution in [3.05, 3.63) is 34.3 Å². The van der Waals surface area contributed by atoms with Crippen molar-refractivity contribution in [2.24, 2.45) is 0 Å². The maximum absolute atomic E-state index is 11.6. The standard InChI is InChI=1S/C11H12BrN2O2Se/c1-2-16-11(15)14(10(13)17)7-8-3-5-9(12)6-4-8/h3-6,13H,2,7H2,1H3. The van der Waals surface area contributed by atoms with Gasteiger partial charge in [-0.1, -0.05) is 0 Å². The molecule has 0 heterocycles. The molecule has 0 spiro atoms. The molecule has 0 unspecified atom stereocenters. The van der Waals surface area contributed by atoms with E-state index < -0.39 is 6.09 Å². The molecule has 1 N–H and O–H groups in total. The predicted octanol–water partition coefficient (Wildman–Crippen LogP) is 2.51. The van der Waals surface area contributed by atoms with Crippen LogP contribution >= 0.6 is 15.9 Å². The quantitative estimate of drug-likeness (QED) is 0.510. The van der Waals surface area contributed by atoms with E-state index in [9.17, 15) is 4.79 Å². The topological polar surface area (TPSA) is 53.4 Å². The van der Waals surface area contributed by atoms with Gasteiger partial charge in [0.05, 0.1) is 0 Å². The fourth-order valence-electron chi connectivity index (χ4n) is 1.19. The number of amidine groups is 1. The van der Waals surface area contributed by atoms with Crippen LogP contribution in [0.15, 0.2) is 28.7 Å². The molecule has 0 saturated heterocycles. The van der Waals surface area contributed by atoms with Crippen LogP contribution in [0.4, 0.5) is 4.79 Å². The Bertz CT molecular complexity index is 408. The molecule has 0 atom stereocenters. The first-order chi connectivity index (χ1) is 8.04. The molecule has 0 aromatic heterocycles. The number of benzene rings is 1. The van der Waals surface area contributed by atoms with Gasteiger partial charge in [-0.15, -0.1) is 0 Å². The number of halogens is 1. The predicted molar refractivity (Wildman–Crippen MR) is 70.2 cm³/mol. The zero-order valence-electron chi connectivity index (χ0n) is 9.27. The zero-order chi connectivity index (χ0) is 12.8. The van der Waals surface area contributed by atoms with Crippen LogP contribution in [0, 0.1) is 5.41 Å². The Morgan fingerprint density at radius 3 is 2.53 bits per heavy atom.